The van der Waals surface area contributed by atoms with Gasteiger partial charge in [0.15, 0.2) is 0 Å². The van der Waals surface area contributed by atoms with Gasteiger partial charge in [0.25, 0.3) is 0 Å². The number of hydrogen-bond donors (Lipinski definition) is 1. The summed E-state index contributed by atoms with van der Waals surface area (Å²) in [7, 11) is 0. The van der Waals surface area contributed by atoms with Gasteiger partial charge in [-0.15, -0.1) is 0 Å². The van der Waals surface area contributed by atoms with Crippen molar-refractivity contribution in [2.75, 3.05) is 0 Å². The zero-order chi connectivity index (χ0) is 4.24. The molecule has 31 valence electrons. The molecule has 6 heavy (non-hydrogen) atoms. The molecule has 0 saturated carbocycles. The van der Waals surface area contributed by atoms with E-state index < -0.39 is 0 Å². The van der Waals surface area contributed by atoms with Crippen LogP contribution >= 0.6 is 0 Å². The van der Waals surface area contributed by atoms with Gasteiger partial charge in [-0.1, -0.05) is 0 Å². The van der Waals surface area contributed by atoms with Crippen molar-refractivity contribution < 1.29 is 0 Å². The largest absolute Gasteiger partial charge is 0.380 e. The van der Waals surface area contributed by atoms with Gasteiger partial charge < -0.3 is 5.32 Å². The SMILES string of the molecule is [CH]1C=NC=CN1. The van der Waals surface area contributed by atoms with Crippen LogP contribution in [-0.4, -0.2) is 6.21 Å². The van der Waals surface area contributed by atoms with E-state index in [1.165, 1.54) is 0 Å². The average molecular weight is 81.1 g/mol. The van der Waals surface area contributed by atoms with Gasteiger partial charge in [-0.25, -0.2) is 0 Å². The second-order valence-corrected chi connectivity index (χ2v) is 0.947. The highest BCUT2D eigenvalue weighted by Gasteiger charge is 1.75. The van der Waals surface area contributed by atoms with E-state index in [0.717, 1.165) is 0 Å². The van der Waals surface area contributed by atoms with E-state index in [1.807, 2.05) is 0 Å². The Kier molecular flexibility index (Phi) is 0.906. The third kappa shape index (κ3) is 0.578. The first kappa shape index (κ1) is 3.40. The molecular weight excluding hydrogens is 76.1 g/mol. The Morgan fingerprint density at radius 1 is 1.50 bits per heavy atom. The van der Waals surface area contributed by atoms with Crippen LogP contribution in [0, 0.1) is 6.54 Å². The van der Waals surface area contributed by atoms with Crippen molar-refractivity contribution in [1.82, 2.24) is 5.32 Å². The molecule has 0 aliphatic carbocycles. The van der Waals surface area contributed by atoms with Gasteiger partial charge in [0.2, 0.25) is 0 Å². The van der Waals surface area contributed by atoms with Crippen LogP contribution in [0.2, 0.25) is 0 Å². The molecule has 0 saturated heterocycles. The van der Waals surface area contributed by atoms with Crippen molar-refractivity contribution in [3.63, 3.8) is 0 Å². The fraction of sp³-hybridized carbons (Fsp3) is 0. The number of nitrogens with zero attached hydrogens (tertiary/aromatic N) is 1. The van der Waals surface area contributed by atoms with Gasteiger partial charge >= 0.3 is 0 Å². The summed E-state index contributed by atoms with van der Waals surface area (Å²) in [4.78, 5) is 3.75. The summed E-state index contributed by atoms with van der Waals surface area (Å²) < 4.78 is 0. The molecule has 0 unspecified atom stereocenters. The highest BCUT2D eigenvalue weighted by atomic mass is 14.9. The smallest absolute Gasteiger partial charge is 0.0864 e. The Bertz CT molecular complexity index is 71.5. The summed E-state index contributed by atoms with van der Waals surface area (Å²) in [6, 6.07) is 0. The molecule has 2 nitrogen and oxygen atoms in total. The van der Waals surface area contributed by atoms with E-state index in [1.54, 1.807) is 25.2 Å². The van der Waals surface area contributed by atoms with Crippen LogP contribution in [0.1, 0.15) is 0 Å². The topological polar surface area (TPSA) is 24.4 Å². The molecule has 2 heteroatoms. The van der Waals surface area contributed by atoms with E-state index in [0.29, 0.717) is 0 Å². The molecule has 0 bridgehead atoms. The van der Waals surface area contributed by atoms with Crippen LogP contribution in [0.15, 0.2) is 17.4 Å². The number of rotatable bonds is 0. The van der Waals surface area contributed by atoms with E-state index in [4.69, 9.17) is 0 Å². The third-order valence-electron chi connectivity index (χ3n) is 0.514. The molecule has 0 amide bonds. The van der Waals surface area contributed by atoms with Crippen LogP contribution < -0.4 is 5.32 Å². The maximum absolute atomic E-state index is 3.75. The fourth-order valence-electron chi connectivity index (χ4n) is 0.277. The van der Waals surface area contributed by atoms with E-state index in [2.05, 4.69) is 10.3 Å². The molecule has 1 radical (unpaired) electrons. The first-order valence-corrected chi connectivity index (χ1v) is 1.76. The molecule has 1 heterocycles. The van der Waals surface area contributed by atoms with Gasteiger partial charge in [0.05, 0.1) is 6.54 Å². The minimum atomic E-state index is 1.69. The van der Waals surface area contributed by atoms with Crippen LogP contribution in [0.25, 0.3) is 0 Å². The van der Waals surface area contributed by atoms with E-state index in [-0.39, 0.29) is 0 Å². The molecule has 0 atom stereocenters. The molecule has 1 N–H and O–H groups in total. The van der Waals surface area contributed by atoms with Gasteiger partial charge in [-0.2, -0.15) is 0 Å². The molecule has 1 rings (SSSR count). The summed E-state index contributed by atoms with van der Waals surface area (Å²) in [5.74, 6) is 0. The molecule has 1 aliphatic heterocycles. The van der Waals surface area contributed by atoms with E-state index in [9.17, 15) is 0 Å². The molecule has 0 spiro atoms. The van der Waals surface area contributed by atoms with Crippen LogP contribution in [0.5, 0.6) is 0 Å². The van der Waals surface area contributed by atoms with Crippen molar-refractivity contribution in [2.24, 2.45) is 4.99 Å². The van der Waals surface area contributed by atoms with Gasteiger partial charge in [0, 0.05) is 18.6 Å². The van der Waals surface area contributed by atoms with Crippen LogP contribution in [0.3, 0.4) is 0 Å². The third-order valence-corrected chi connectivity index (χ3v) is 0.514. The van der Waals surface area contributed by atoms with Crippen LogP contribution in [0.4, 0.5) is 0 Å². The lowest BCUT2D eigenvalue weighted by Gasteiger charge is -1.92. The summed E-state index contributed by atoms with van der Waals surface area (Å²) >= 11 is 0. The van der Waals surface area contributed by atoms with Crippen molar-refractivity contribution in [1.29, 1.82) is 0 Å². The number of nitrogens with one attached hydrogen (secondary N) is 1. The Hall–Kier alpha value is -0.790. The van der Waals surface area contributed by atoms with E-state index >= 15 is 0 Å². The summed E-state index contributed by atoms with van der Waals surface area (Å²) in [6.07, 6.45) is 5.15. The standard InChI is InChI=1S/C4H5N2/c1-2-6-4-3-5-1/h1-5H. The second kappa shape index (κ2) is 1.60. The predicted octanol–water partition coefficient (Wildman–Crippen LogP) is 0.293. The van der Waals surface area contributed by atoms with Crippen LogP contribution in [-0.2, 0) is 0 Å². The quantitative estimate of drug-likeness (QED) is 0.445. The Morgan fingerprint density at radius 2 is 2.50 bits per heavy atom. The lowest BCUT2D eigenvalue weighted by molar-refractivity contribution is 1.11. The maximum atomic E-state index is 3.75. The highest BCUT2D eigenvalue weighted by molar-refractivity contribution is 5.68. The average Bonchev–Trinajstić information content (AvgIpc) is 1.72. The summed E-state index contributed by atoms with van der Waals surface area (Å²) in [6.45, 7) is 1.76. The molecule has 0 fully saturated rings. The summed E-state index contributed by atoms with van der Waals surface area (Å²) in [5, 5.41) is 2.83. The monoisotopic (exact) mass is 81.0 g/mol. The number of aliphatic imine (C=N–C) groups is 1. The van der Waals surface area contributed by atoms with Gasteiger partial charge in [0.1, 0.15) is 0 Å². The Morgan fingerprint density at radius 3 is 2.67 bits per heavy atom. The fourth-order valence-corrected chi connectivity index (χ4v) is 0.277. The molecule has 1 aliphatic rings. The minimum absolute atomic E-state index is 1.69. The lowest BCUT2D eigenvalue weighted by atomic mass is 10.6. The number of hydrogen-bond acceptors (Lipinski definition) is 2. The maximum Gasteiger partial charge on any atom is 0.0864 e. The molecular formula is C4H5N2. The Balaban J connectivity index is 2.46. The molecule has 0 aromatic heterocycles. The minimum Gasteiger partial charge on any atom is -0.380 e. The lowest BCUT2D eigenvalue weighted by Crippen LogP contribution is -2.02. The van der Waals surface area contributed by atoms with Crippen molar-refractivity contribution in [3.8, 4) is 0 Å². The van der Waals surface area contributed by atoms with Gasteiger partial charge in [-0.05, 0) is 0 Å². The molecule has 0 aromatic rings. The van der Waals surface area contributed by atoms with Crippen molar-refractivity contribution >= 4 is 6.21 Å². The molecule has 0 aromatic carbocycles. The summed E-state index contributed by atoms with van der Waals surface area (Å²) in [5.41, 5.74) is 0. The Labute approximate surface area is 36.6 Å². The second-order valence-electron chi connectivity index (χ2n) is 0.947. The zero-order valence-corrected chi connectivity index (χ0v) is 3.26. The predicted molar refractivity (Wildman–Crippen MR) is 25.1 cm³/mol. The first-order chi connectivity index (χ1) is 3.00. The first-order valence-electron chi connectivity index (χ1n) is 1.76. The van der Waals surface area contributed by atoms with Gasteiger partial charge in [-0.3, -0.25) is 4.99 Å². The zero-order valence-electron chi connectivity index (χ0n) is 3.26. The van der Waals surface area contributed by atoms with Crippen molar-refractivity contribution in [3.05, 3.63) is 18.9 Å². The van der Waals surface area contributed by atoms with Crippen molar-refractivity contribution in [2.45, 2.75) is 0 Å². The normalized spacial score (nSPS) is 17.3. The highest BCUT2D eigenvalue weighted by Crippen LogP contribution is 1.77.